The van der Waals surface area contributed by atoms with Crippen molar-refractivity contribution in [1.29, 1.82) is 0 Å². The largest absolute Gasteiger partial charge is 0.490 e. The molecule has 0 aromatic heterocycles. The van der Waals surface area contributed by atoms with Crippen molar-refractivity contribution in [2.45, 2.75) is 26.4 Å². The second kappa shape index (κ2) is 6.00. The van der Waals surface area contributed by atoms with E-state index in [4.69, 9.17) is 14.6 Å². The van der Waals surface area contributed by atoms with Gasteiger partial charge in [-0.3, -0.25) is 0 Å². The van der Waals surface area contributed by atoms with E-state index < -0.39 is 12.1 Å². The van der Waals surface area contributed by atoms with Crippen LogP contribution in [0.5, 0.6) is 11.5 Å². The summed E-state index contributed by atoms with van der Waals surface area (Å²) in [6.07, 6.45) is 0.00870. The fourth-order valence-corrected chi connectivity index (χ4v) is 1.12. The maximum Gasteiger partial charge on any atom is 0.344 e. The minimum Gasteiger partial charge on any atom is -0.490 e. The lowest BCUT2D eigenvalue weighted by Crippen LogP contribution is -2.23. The fraction of sp³-hybridized carbons (Fsp3) is 0.417. The van der Waals surface area contributed by atoms with Crippen molar-refractivity contribution >= 4 is 5.97 Å². The third-order valence-electron chi connectivity index (χ3n) is 1.96. The lowest BCUT2D eigenvalue weighted by Gasteiger charge is -2.14. The molecule has 1 rings (SSSR count). The molecule has 1 unspecified atom stereocenters. The number of carboxylic acids is 1. The Morgan fingerprint density at radius 2 is 2.00 bits per heavy atom. The molecule has 1 aromatic carbocycles. The van der Waals surface area contributed by atoms with Crippen LogP contribution in [-0.2, 0) is 4.79 Å². The highest BCUT2D eigenvalue weighted by atomic mass is 16.5. The Hall–Kier alpha value is -1.71. The van der Waals surface area contributed by atoms with Crippen molar-refractivity contribution in [1.82, 2.24) is 0 Å². The summed E-state index contributed by atoms with van der Waals surface area (Å²) in [5.41, 5.74) is 0. The summed E-state index contributed by atoms with van der Waals surface area (Å²) in [4.78, 5) is 10.7. The van der Waals surface area contributed by atoms with Crippen LogP contribution in [0.1, 0.15) is 20.3 Å². The predicted octanol–water partition coefficient (Wildman–Crippen LogP) is 2.33. The first-order valence-corrected chi connectivity index (χ1v) is 5.26. The third kappa shape index (κ3) is 3.46. The molecule has 0 heterocycles. The Labute approximate surface area is 94.8 Å². The van der Waals surface area contributed by atoms with Crippen LogP contribution >= 0.6 is 0 Å². The van der Waals surface area contributed by atoms with Crippen LogP contribution in [0.4, 0.5) is 0 Å². The summed E-state index contributed by atoms with van der Waals surface area (Å²) < 4.78 is 10.7. The molecule has 4 heteroatoms. The molecule has 0 fully saturated rings. The zero-order chi connectivity index (χ0) is 12.0. The summed E-state index contributed by atoms with van der Waals surface area (Å²) >= 11 is 0. The second-order valence-corrected chi connectivity index (χ2v) is 3.39. The number of carbonyl (C=O) groups is 1. The normalized spacial score (nSPS) is 11.9. The van der Waals surface area contributed by atoms with Crippen LogP contribution < -0.4 is 9.47 Å². The van der Waals surface area contributed by atoms with E-state index >= 15 is 0 Å². The van der Waals surface area contributed by atoms with Crippen LogP contribution in [0.2, 0.25) is 0 Å². The molecule has 88 valence electrons. The van der Waals surface area contributed by atoms with Crippen LogP contribution in [0.3, 0.4) is 0 Å². The molecule has 0 saturated carbocycles. The highest BCUT2D eigenvalue weighted by Gasteiger charge is 2.14. The number of hydrogen-bond donors (Lipinski definition) is 1. The SMILES string of the molecule is CCCOc1ccccc1OC(C)C(=O)O. The average molecular weight is 224 g/mol. The van der Waals surface area contributed by atoms with E-state index in [-0.39, 0.29) is 0 Å². The maximum atomic E-state index is 10.7. The van der Waals surface area contributed by atoms with Crippen LogP contribution in [0, 0.1) is 0 Å². The standard InChI is InChI=1S/C12H16O4/c1-3-8-15-10-6-4-5-7-11(10)16-9(2)12(13)14/h4-7,9H,3,8H2,1-2H3,(H,13,14). The van der Waals surface area contributed by atoms with Gasteiger partial charge in [-0.2, -0.15) is 0 Å². The van der Waals surface area contributed by atoms with Gasteiger partial charge < -0.3 is 14.6 Å². The number of benzene rings is 1. The van der Waals surface area contributed by atoms with Gasteiger partial charge in [-0.1, -0.05) is 19.1 Å². The molecule has 0 aliphatic rings. The molecular formula is C12H16O4. The zero-order valence-electron chi connectivity index (χ0n) is 9.47. The van der Waals surface area contributed by atoms with E-state index in [2.05, 4.69) is 0 Å². The molecule has 0 amide bonds. The molecule has 0 aliphatic carbocycles. The molecule has 0 radical (unpaired) electrons. The Morgan fingerprint density at radius 3 is 2.56 bits per heavy atom. The number of aliphatic carboxylic acids is 1. The third-order valence-corrected chi connectivity index (χ3v) is 1.96. The highest BCUT2D eigenvalue weighted by Crippen LogP contribution is 2.27. The number of hydrogen-bond acceptors (Lipinski definition) is 3. The van der Waals surface area contributed by atoms with Crippen molar-refractivity contribution in [3.05, 3.63) is 24.3 Å². The summed E-state index contributed by atoms with van der Waals surface area (Å²) in [6.45, 7) is 4.07. The molecule has 16 heavy (non-hydrogen) atoms. The Morgan fingerprint density at radius 1 is 1.38 bits per heavy atom. The van der Waals surface area contributed by atoms with E-state index in [0.29, 0.717) is 18.1 Å². The van der Waals surface area contributed by atoms with Crippen LogP contribution in [-0.4, -0.2) is 23.8 Å². The van der Waals surface area contributed by atoms with Crippen molar-refractivity contribution in [3.8, 4) is 11.5 Å². The minimum atomic E-state index is -0.995. The van der Waals surface area contributed by atoms with Gasteiger partial charge in [0.2, 0.25) is 0 Å². The molecule has 0 spiro atoms. The molecule has 0 saturated heterocycles. The number of rotatable bonds is 6. The molecule has 4 nitrogen and oxygen atoms in total. The molecule has 1 N–H and O–H groups in total. The fourth-order valence-electron chi connectivity index (χ4n) is 1.12. The first-order chi connectivity index (χ1) is 7.65. The quantitative estimate of drug-likeness (QED) is 0.805. The molecule has 0 aliphatic heterocycles. The summed E-state index contributed by atoms with van der Waals surface area (Å²) in [6, 6.07) is 7.07. The summed E-state index contributed by atoms with van der Waals surface area (Å²) in [5, 5.41) is 8.74. The van der Waals surface area contributed by atoms with Crippen LogP contribution in [0.15, 0.2) is 24.3 Å². The summed E-state index contributed by atoms with van der Waals surface area (Å²) in [5.74, 6) is 0.0496. The van der Waals surface area contributed by atoms with Gasteiger partial charge in [0.25, 0.3) is 0 Å². The number of para-hydroxylation sites is 2. The van der Waals surface area contributed by atoms with E-state index in [1.807, 2.05) is 13.0 Å². The zero-order valence-corrected chi connectivity index (χ0v) is 9.47. The number of ether oxygens (including phenoxy) is 2. The van der Waals surface area contributed by atoms with Gasteiger partial charge in [0.15, 0.2) is 17.6 Å². The number of carboxylic acid groups (broad SMARTS) is 1. The molecule has 0 bridgehead atoms. The lowest BCUT2D eigenvalue weighted by atomic mass is 10.3. The van der Waals surface area contributed by atoms with Crippen molar-refractivity contribution in [2.75, 3.05) is 6.61 Å². The van der Waals surface area contributed by atoms with E-state index in [0.717, 1.165) is 6.42 Å². The van der Waals surface area contributed by atoms with Crippen molar-refractivity contribution in [2.24, 2.45) is 0 Å². The van der Waals surface area contributed by atoms with Gasteiger partial charge in [-0.05, 0) is 25.5 Å². The summed E-state index contributed by atoms with van der Waals surface area (Å²) in [7, 11) is 0. The van der Waals surface area contributed by atoms with Crippen molar-refractivity contribution in [3.63, 3.8) is 0 Å². The molecule has 1 aromatic rings. The monoisotopic (exact) mass is 224 g/mol. The topological polar surface area (TPSA) is 55.8 Å². The smallest absolute Gasteiger partial charge is 0.344 e. The predicted molar refractivity (Wildman–Crippen MR) is 60.0 cm³/mol. The Kier molecular flexibility index (Phi) is 4.64. The Balaban J connectivity index is 2.74. The van der Waals surface area contributed by atoms with E-state index in [1.54, 1.807) is 18.2 Å². The maximum absolute atomic E-state index is 10.7. The first-order valence-electron chi connectivity index (χ1n) is 5.26. The highest BCUT2D eigenvalue weighted by molar-refractivity contribution is 5.72. The van der Waals surface area contributed by atoms with Gasteiger partial charge in [0, 0.05) is 0 Å². The van der Waals surface area contributed by atoms with E-state index in [9.17, 15) is 4.79 Å². The molecule has 1 atom stereocenters. The first kappa shape index (κ1) is 12.4. The van der Waals surface area contributed by atoms with Gasteiger partial charge >= 0.3 is 5.97 Å². The van der Waals surface area contributed by atoms with Gasteiger partial charge in [-0.25, -0.2) is 4.79 Å². The van der Waals surface area contributed by atoms with Crippen LogP contribution in [0.25, 0.3) is 0 Å². The lowest BCUT2D eigenvalue weighted by molar-refractivity contribution is -0.144. The second-order valence-electron chi connectivity index (χ2n) is 3.39. The van der Waals surface area contributed by atoms with Gasteiger partial charge in [0.1, 0.15) is 0 Å². The minimum absolute atomic E-state index is 0.464. The van der Waals surface area contributed by atoms with Gasteiger partial charge in [0.05, 0.1) is 6.61 Å². The average Bonchev–Trinajstić information content (AvgIpc) is 2.27. The van der Waals surface area contributed by atoms with E-state index in [1.165, 1.54) is 6.92 Å². The Bertz CT molecular complexity index is 349. The molecular weight excluding hydrogens is 208 g/mol. The van der Waals surface area contributed by atoms with Crippen molar-refractivity contribution < 1.29 is 19.4 Å². The van der Waals surface area contributed by atoms with Gasteiger partial charge in [-0.15, -0.1) is 0 Å².